The largest absolute Gasteiger partial charge is 0.481 e. The lowest BCUT2D eigenvalue weighted by molar-refractivity contribution is -0.143. The van der Waals surface area contributed by atoms with Crippen LogP contribution in [-0.4, -0.2) is 53.0 Å². The van der Waals surface area contributed by atoms with Crippen molar-refractivity contribution in [2.24, 2.45) is 5.92 Å². The smallest absolute Gasteiger partial charge is 0.308 e. The summed E-state index contributed by atoms with van der Waals surface area (Å²) in [7, 11) is 0. The van der Waals surface area contributed by atoms with E-state index in [2.05, 4.69) is 0 Å². The van der Waals surface area contributed by atoms with Gasteiger partial charge in [-0.05, 0) is 31.9 Å². The van der Waals surface area contributed by atoms with E-state index in [1.54, 1.807) is 36.9 Å². The first kappa shape index (κ1) is 17.3. The van der Waals surface area contributed by atoms with Gasteiger partial charge in [0.15, 0.2) is 6.10 Å². The predicted octanol–water partition coefficient (Wildman–Crippen LogP) is 1.51. The molecule has 0 radical (unpaired) electrons. The number of fused-ring (bicyclic) bond motifs is 1. The molecule has 0 spiro atoms. The molecule has 1 aromatic rings. The van der Waals surface area contributed by atoms with Crippen molar-refractivity contribution in [1.29, 1.82) is 0 Å². The van der Waals surface area contributed by atoms with Crippen molar-refractivity contribution in [1.82, 2.24) is 4.90 Å². The molecule has 1 aliphatic heterocycles. The second kappa shape index (κ2) is 6.74. The van der Waals surface area contributed by atoms with Gasteiger partial charge in [0.1, 0.15) is 12.3 Å². The van der Waals surface area contributed by atoms with E-state index < -0.39 is 18.0 Å². The van der Waals surface area contributed by atoms with E-state index in [0.717, 1.165) is 12.8 Å². The molecule has 1 heterocycles. The van der Waals surface area contributed by atoms with Crippen molar-refractivity contribution in [3.05, 3.63) is 24.3 Å². The van der Waals surface area contributed by atoms with Crippen molar-refractivity contribution in [3.8, 4) is 5.75 Å². The molecule has 7 heteroatoms. The molecule has 134 valence electrons. The third kappa shape index (κ3) is 3.60. The Morgan fingerprint density at radius 2 is 2.04 bits per heavy atom. The molecule has 2 amide bonds. The van der Waals surface area contributed by atoms with Gasteiger partial charge in [0, 0.05) is 12.6 Å². The molecule has 1 aliphatic carbocycles. The number of para-hydroxylation sites is 2. The first-order valence-electron chi connectivity index (χ1n) is 8.47. The Bertz CT molecular complexity index is 700. The Kier molecular flexibility index (Phi) is 4.65. The minimum Gasteiger partial charge on any atom is -0.481 e. The molecule has 0 saturated heterocycles. The molecule has 1 N–H and O–H groups in total. The van der Waals surface area contributed by atoms with Gasteiger partial charge in [-0.15, -0.1) is 0 Å². The van der Waals surface area contributed by atoms with Crippen LogP contribution in [0.5, 0.6) is 5.75 Å². The number of hydrogen-bond donors (Lipinski definition) is 1. The molecule has 0 bridgehead atoms. The van der Waals surface area contributed by atoms with Crippen LogP contribution in [0.4, 0.5) is 5.69 Å². The Balaban J connectivity index is 1.78. The number of carbonyl (C=O) groups is 3. The maximum absolute atomic E-state index is 12.8. The molecule has 1 aromatic carbocycles. The van der Waals surface area contributed by atoms with E-state index in [9.17, 15) is 14.4 Å². The number of hydrogen-bond acceptors (Lipinski definition) is 4. The van der Waals surface area contributed by atoms with Crippen LogP contribution in [0.1, 0.15) is 26.7 Å². The van der Waals surface area contributed by atoms with Gasteiger partial charge in [-0.25, -0.2) is 0 Å². The second-order valence-electron chi connectivity index (χ2n) is 6.67. The van der Waals surface area contributed by atoms with Crippen LogP contribution < -0.4 is 9.64 Å². The van der Waals surface area contributed by atoms with Gasteiger partial charge in [-0.2, -0.15) is 0 Å². The van der Waals surface area contributed by atoms with Crippen LogP contribution in [0.3, 0.4) is 0 Å². The monoisotopic (exact) mass is 346 g/mol. The number of carboxylic acids is 1. The zero-order chi connectivity index (χ0) is 18.1. The maximum Gasteiger partial charge on any atom is 0.308 e. The van der Waals surface area contributed by atoms with Crippen LogP contribution in [0, 0.1) is 5.92 Å². The van der Waals surface area contributed by atoms with Gasteiger partial charge >= 0.3 is 5.97 Å². The van der Waals surface area contributed by atoms with E-state index >= 15 is 0 Å². The predicted molar refractivity (Wildman–Crippen MR) is 90.4 cm³/mol. The fraction of sp³-hybridized carbons (Fsp3) is 0.500. The molecule has 2 atom stereocenters. The van der Waals surface area contributed by atoms with Crippen LogP contribution in [0.25, 0.3) is 0 Å². The number of rotatable bonds is 6. The van der Waals surface area contributed by atoms with Gasteiger partial charge in [-0.3, -0.25) is 19.3 Å². The molecule has 1 fully saturated rings. The number of carbonyl (C=O) groups excluding carboxylic acids is 2. The minimum absolute atomic E-state index is 0.0816. The van der Waals surface area contributed by atoms with E-state index in [1.807, 2.05) is 6.07 Å². The summed E-state index contributed by atoms with van der Waals surface area (Å²) >= 11 is 0. The molecule has 1 saturated carbocycles. The number of amides is 2. The average molecular weight is 346 g/mol. The summed E-state index contributed by atoms with van der Waals surface area (Å²) < 4.78 is 5.58. The highest BCUT2D eigenvalue weighted by Crippen LogP contribution is 2.34. The van der Waals surface area contributed by atoms with Crippen molar-refractivity contribution in [3.63, 3.8) is 0 Å². The summed E-state index contributed by atoms with van der Waals surface area (Å²) in [5.74, 6) is -1.50. The van der Waals surface area contributed by atoms with E-state index in [0.29, 0.717) is 11.4 Å². The summed E-state index contributed by atoms with van der Waals surface area (Å²) in [6.07, 6.45) is 1.10. The van der Waals surface area contributed by atoms with Gasteiger partial charge < -0.3 is 14.7 Å². The highest BCUT2D eigenvalue weighted by molar-refractivity contribution is 6.03. The Morgan fingerprint density at radius 1 is 1.36 bits per heavy atom. The highest BCUT2D eigenvalue weighted by Gasteiger charge is 2.38. The first-order chi connectivity index (χ1) is 11.9. The van der Waals surface area contributed by atoms with Gasteiger partial charge in [0.05, 0.1) is 11.6 Å². The zero-order valence-electron chi connectivity index (χ0n) is 14.3. The quantitative estimate of drug-likeness (QED) is 0.844. The third-order valence-electron chi connectivity index (χ3n) is 4.57. The standard InChI is InChI=1S/C18H22N2O5/c1-11(18(23)24)9-19(13-7-8-13)16(21)10-20-14-5-3-4-6-15(14)25-12(2)17(20)22/h3-6,11-13H,7-10H2,1-2H3,(H,23,24). The summed E-state index contributed by atoms with van der Waals surface area (Å²) in [5.41, 5.74) is 0.570. The SMILES string of the molecule is CC(CN(C(=O)CN1C(=O)C(C)Oc2ccccc21)C1CC1)C(=O)O. The molecule has 2 unspecified atom stereocenters. The van der Waals surface area contributed by atoms with Crippen molar-refractivity contribution in [2.45, 2.75) is 38.8 Å². The highest BCUT2D eigenvalue weighted by atomic mass is 16.5. The zero-order valence-corrected chi connectivity index (χ0v) is 14.3. The topological polar surface area (TPSA) is 87.2 Å². The number of nitrogens with zero attached hydrogens (tertiary/aromatic N) is 2. The lowest BCUT2D eigenvalue weighted by atomic mass is 10.1. The molecule has 0 aromatic heterocycles. The van der Waals surface area contributed by atoms with Gasteiger partial charge in [0.25, 0.3) is 5.91 Å². The molecule has 7 nitrogen and oxygen atoms in total. The number of ether oxygens (including phenoxy) is 1. The molecule has 25 heavy (non-hydrogen) atoms. The normalized spacial score (nSPS) is 20.5. The lowest BCUT2D eigenvalue weighted by Crippen LogP contribution is -2.50. The molecular weight excluding hydrogens is 324 g/mol. The van der Waals surface area contributed by atoms with Gasteiger partial charge in [0.2, 0.25) is 5.91 Å². The summed E-state index contributed by atoms with van der Waals surface area (Å²) in [5, 5.41) is 9.12. The van der Waals surface area contributed by atoms with Crippen LogP contribution in [0.15, 0.2) is 24.3 Å². The minimum atomic E-state index is -0.931. The summed E-state index contributed by atoms with van der Waals surface area (Å²) in [6.45, 7) is 3.30. The van der Waals surface area contributed by atoms with Crippen molar-refractivity contribution in [2.75, 3.05) is 18.0 Å². The maximum atomic E-state index is 12.8. The van der Waals surface area contributed by atoms with Crippen LogP contribution in [0.2, 0.25) is 0 Å². The fourth-order valence-electron chi connectivity index (χ4n) is 2.96. The summed E-state index contributed by atoms with van der Waals surface area (Å²) in [4.78, 5) is 39.5. The van der Waals surface area contributed by atoms with E-state index in [-0.39, 0.29) is 30.9 Å². The molecule has 2 aliphatic rings. The van der Waals surface area contributed by atoms with Crippen molar-refractivity contribution >= 4 is 23.5 Å². The molecule has 3 rings (SSSR count). The number of aliphatic carboxylic acids is 1. The lowest BCUT2D eigenvalue weighted by Gasteiger charge is -2.34. The summed E-state index contributed by atoms with van der Waals surface area (Å²) in [6, 6.07) is 7.19. The average Bonchev–Trinajstić information content (AvgIpc) is 3.41. The van der Waals surface area contributed by atoms with Gasteiger partial charge in [-0.1, -0.05) is 19.1 Å². The van der Waals surface area contributed by atoms with Crippen LogP contribution in [-0.2, 0) is 14.4 Å². The van der Waals surface area contributed by atoms with Crippen molar-refractivity contribution < 1.29 is 24.2 Å². The Hall–Kier alpha value is -2.57. The van der Waals surface area contributed by atoms with E-state index in [1.165, 1.54) is 4.90 Å². The Labute approximate surface area is 146 Å². The second-order valence-corrected chi connectivity index (χ2v) is 6.67. The first-order valence-corrected chi connectivity index (χ1v) is 8.47. The third-order valence-corrected chi connectivity index (χ3v) is 4.57. The fourth-order valence-corrected chi connectivity index (χ4v) is 2.96. The number of benzene rings is 1. The molecular formula is C18H22N2O5. The Morgan fingerprint density at radius 3 is 2.68 bits per heavy atom. The van der Waals surface area contributed by atoms with E-state index in [4.69, 9.17) is 9.84 Å². The number of carboxylic acid groups (broad SMARTS) is 1. The number of anilines is 1. The van der Waals surface area contributed by atoms with Crippen LogP contribution >= 0.6 is 0 Å².